The van der Waals surface area contributed by atoms with E-state index in [4.69, 9.17) is 9.47 Å². The van der Waals surface area contributed by atoms with Gasteiger partial charge in [-0.2, -0.15) is 0 Å². The molecule has 1 aromatic carbocycles. The smallest absolute Gasteiger partial charge is 0.260 e. The molecule has 0 atom stereocenters. The van der Waals surface area contributed by atoms with Crippen molar-refractivity contribution in [3.8, 4) is 11.5 Å². The second-order valence-electron chi connectivity index (χ2n) is 4.71. The Bertz CT molecular complexity index is 431. The first-order chi connectivity index (χ1) is 9.81. The zero-order valence-electron chi connectivity index (χ0n) is 11.9. The van der Waals surface area contributed by atoms with Crippen LogP contribution in [-0.4, -0.2) is 50.2 Å². The van der Waals surface area contributed by atoms with E-state index in [0.717, 1.165) is 32.6 Å². The van der Waals surface area contributed by atoms with Crippen molar-refractivity contribution in [1.29, 1.82) is 0 Å². The number of piperazine rings is 1. The molecule has 0 aromatic heterocycles. The normalized spacial score (nSPS) is 14.9. The van der Waals surface area contributed by atoms with Gasteiger partial charge in [0.25, 0.3) is 5.91 Å². The molecule has 1 aromatic rings. The summed E-state index contributed by atoms with van der Waals surface area (Å²) in [5.74, 6) is 1.35. The molecule has 2 rings (SSSR count). The predicted molar refractivity (Wildman–Crippen MR) is 77.2 cm³/mol. The molecule has 0 spiro atoms. The first kappa shape index (κ1) is 14.7. The molecule has 0 bridgehead atoms. The van der Waals surface area contributed by atoms with Gasteiger partial charge in [0.15, 0.2) is 18.1 Å². The van der Waals surface area contributed by atoms with Gasteiger partial charge in [-0.25, -0.2) is 0 Å². The SMILES string of the molecule is CCCOc1ccccc1OCC(=O)N1CCNCC1. The molecular formula is C15H22N2O3. The maximum Gasteiger partial charge on any atom is 0.260 e. The van der Waals surface area contributed by atoms with Crippen LogP contribution in [0.3, 0.4) is 0 Å². The molecule has 5 heteroatoms. The number of amides is 1. The van der Waals surface area contributed by atoms with Crippen molar-refractivity contribution in [3.63, 3.8) is 0 Å². The number of carbonyl (C=O) groups excluding carboxylic acids is 1. The van der Waals surface area contributed by atoms with Crippen LogP contribution in [0.25, 0.3) is 0 Å². The van der Waals surface area contributed by atoms with Gasteiger partial charge in [-0.3, -0.25) is 4.79 Å². The van der Waals surface area contributed by atoms with E-state index < -0.39 is 0 Å². The Balaban J connectivity index is 1.87. The van der Waals surface area contributed by atoms with E-state index in [1.165, 1.54) is 0 Å². The van der Waals surface area contributed by atoms with Gasteiger partial charge in [-0.05, 0) is 18.6 Å². The highest BCUT2D eigenvalue weighted by Crippen LogP contribution is 2.26. The highest BCUT2D eigenvalue weighted by atomic mass is 16.5. The van der Waals surface area contributed by atoms with Crippen molar-refractivity contribution in [3.05, 3.63) is 24.3 Å². The number of benzene rings is 1. The van der Waals surface area contributed by atoms with E-state index >= 15 is 0 Å². The predicted octanol–water partition coefficient (Wildman–Crippen LogP) is 1.29. The second-order valence-corrected chi connectivity index (χ2v) is 4.71. The summed E-state index contributed by atoms with van der Waals surface area (Å²) in [6.45, 7) is 5.95. The maximum absolute atomic E-state index is 12.0. The fourth-order valence-corrected chi connectivity index (χ4v) is 2.05. The quantitative estimate of drug-likeness (QED) is 0.852. The van der Waals surface area contributed by atoms with E-state index in [-0.39, 0.29) is 12.5 Å². The minimum absolute atomic E-state index is 0.0248. The molecule has 0 saturated carbocycles. The Morgan fingerprint density at radius 1 is 1.20 bits per heavy atom. The highest BCUT2D eigenvalue weighted by molar-refractivity contribution is 5.78. The van der Waals surface area contributed by atoms with Gasteiger partial charge in [-0.15, -0.1) is 0 Å². The maximum atomic E-state index is 12.0. The Morgan fingerprint density at radius 2 is 1.85 bits per heavy atom. The zero-order valence-corrected chi connectivity index (χ0v) is 11.9. The molecular weight excluding hydrogens is 256 g/mol. The summed E-state index contributed by atoms with van der Waals surface area (Å²) in [5, 5.41) is 3.22. The molecule has 1 N–H and O–H groups in total. The molecule has 1 aliphatic heterocycles. The number of nitrogens with zero attached hydrogens (tertiary/aromatic N) is 1. The Labute approximate surface area is 119 Å². The van der Waals surface area contributed by atoms with E-state index in [0.29, 0.717) is 18.1 Å². The van der Waals surface area contributed by atoms with Gasteiger partial charge >= 0.3 is 0 Å². The molecule has 0 radical (unpaired) electrons. The van der Waals surface area contributed by atoms with Crippen molar-refractivity contribution in [2.24, 2.45) is 0 Å². The van der Waals surface area contributed by atoms with Crippen LogP contribution >= 0.6 is 0 Å². The lowest BCUT2D eigenvalue weighted by Gasteiger charge is -2.27. The Hall–Kier alpha value is -1.75. The summed E-state index contributed by atoms with van der Waals surface area (Å²) in [5.41, 5.74) is 0. The standard InChI is InChI=1S/C15H22N2O3/c1-2-11-19-13-5-3-4-6-14(13)20-12-15(18)17-9-7-16-8-10-17/h3-6,16H,2,7-12H2,1H3. The molecule has 1 amide bonds. The fourth-order valence-electron chi connectivity index (χ4n) is 2.05. The van der Waals surface area contributed by atoms with Gasteiger partial charge in [0.2, 0.25) is 0 Å². The van der Waals surface area contributed by atoms with Crippen LogP contribution in [0.4, 0.5) is 0 Å². The topological polar surface area (TPSA) is 50.8 Å². The molecule has 110 valence electrons. The molecule has 1 aliphatic rings. The third-order valence-corrected chi connectivity index (χ3v) is 3.13. The molecule has 1 fully saturated rings. The third-order valence-electron chi connectivity index (χ3n) is 3.13. The first-order valence-corrected chi connectivity index (χ1v) is 7.14. The van der Waals surface area contributed by atoms with Gasteiger partial charge in [0.1, 0.15) is 0 Å². The molecule has 1 heterocycles. The fraction of sp³-hybridized carbons (Fsp3) is 0.533. The number of ether oxygens (including phenoxy) is 2. The minimum Gasteiger partial charge on any atom is -0.490 e. The van der Waals surface area contributed by atoms with Gasteiger partial charge < -0.3 is 19.7 Å². The van der Waals surface area contributed by atoms with E-state index in [1.54, 1.807) is 0 Å². The summed E-state index contributed by atoms with van der Waals surface area (Å²) in [6.07, 6.45) is 0.939. The van der Waals surface area contributed by atoms with Gasteiger partial charge in [-0.1, -0.05) is 19.1 Å². The van der Waals surface area contributed by atoms with Crippen molar-refractivity contribution >= 4 is 5.91 Å². The lowest BCUT2D eigenvalue weighted by Crippen LogP contribution is -2.47. The monoisotopic (exact) mass is 278 g/mol. The van der Waals surface area contributed by atoms with Crippen molar-refractivity contribution in [1.82, 2.24) is 10.2 Å². The van der Waals surface area contributed by atoms with Crippen LogP contribution in [0.2, 0.25) is 0 Å². The lowest BCUT2D eigenvalue weighted by atomic mass is 10.3. The average Bonchev–Trinajstić information content (AvgIpc) is 2.52. The number of rotatable bonds is 6. The number of hydrogen-bond donors (Lipinski definition) is 1. The minimum atomic E-state index is 0.0248. The average molecular weight is 278 g/mol. The summed E-state index contributed by atoms with van der Waals surface area (Å²) in [7, 11) is 0. The van der Waals surface area contributed by atoms with E-state index in [9.17, 15) is 4.79 Å². The zero-order chi connectivity index (χ0) is 14.2. The summed E-state index contributed by atoms with van der Waals surface area (Å²) in [6, 6.07) is 7.47. The first-order valence-electron chi connectivity index (χ1n) is 7.14. The second kappa shape index (κ2) is 7.75. The van der Waals surface area contributed by atoms with Crippen LogP contribution in [0.15, 0.2) is 24.3 Å². The van der Waals surface area contributed by atoms with Crippen molar-refractivity contribution in [2.75, 3.05) is 39.4 Å². The van der Waals surface area contributed by atoms with Crippen LogP contribution in [-0.2, 0) is 4.79 Å². The van der Waals surface area contributed by atoms with Crippen LogP contribution in [0, 0.1) is 0 Å². The van der Waals surface area contributed by atoms with Crippen LogP contribution < -0.4 is 14.8 Å². The number of carbonyl (C=O) groups is 1. The molecule has 5 nitrogen and oxygen atoms in total. The number of nitrogens with one attached hydrogen (secondary N) is 1. The summed E-state index contributed by atoms with van der Waals surface area (Å²) >= 11 is 0. The Morgan fingerprint density at radius 3 is 2.50 bits per heavy atom. The van der Waals surface area contributed by atoms with E-state index in [1.807, 2.05) is 29.2 Å². The van der Waals surface area contributed by atoms with Crippen molar-refractivity contribution in [2.45, 2.75) is 13.3 Å². The molecule has 0 unspecified atom stereocenters. The third kappa shape index (κ3) is 4.13. The summed E-state index contributed by atoms with van der Waals surface area (Å²) in [4.78, 5) is 13.9. The Kier molecular flexibility index (Phi) is 5.68. The highest BCUT2D eigenvalue weighted by Gasteiger charge is 2.17. The molecule has 0 aliphatic carbocycles. The summed E-state index contributed by atoms with van der Waals surface area (Å²) < 4.78 is 11.2. The van der Waals surface area contributed by atoms with Crippen LogP contribution in [0.5, 0.6) is 11.5 Å². The number of hydrogen-bond acceptors (Lipinski definition) is 4. The van der Waals surface area contributed by atoms with E-state index in [2.05, 4.69) is 12.2 Å². The lowest BCUT2D eigenvalue weighted by molar-refractivity contribution is -0.133. The largest absolute Gasteiger partial charge is 0.490 e. The molecule has 20 heavy (non-hydrogen) atoms. The van der Waals surface area contributed by atoms with Crippen LogP contribution in [0.1, 0.15) is 13.3 Å². The van der Waals surface area contributed by atoms with Gasteiger partial charge in [0, 0.05) is 26.2 Å². The number of para-hydroxylation sites is 2. The van der Waals surface area contributed by atoms with Gasteiger partial charge in [0.05, 0.1) is 6.61 Å². The molecule has 1 saturated heterocycles. The van der Waals surface area contributed by atoms with Crippen molar-refractivity contribution < 1.29 is 14.3 Å².